The Bertz CT molecular complexity index is 159. The summed E-state index contributed by atoms with van der Waals surface area (Å²) in [5, 5.41) is 0. The molecule has 1 saturated heterocycles. The minimum atomic E-state index is -0.0446. The number of likely N-dealkylation sites (N-methyl/N-ethyl adjacent to an activating group) is 1. The monoisotopic (exact) mass is 171 g/mol. The molecule has 0 saturated carbocycles. The van der Waals surface area contributed by atoms with Gasteiger partial charge < -0.3 is 4.74 Å². The molecule has 1 fully saturated rings. The van der Waals surface area contributed by atoms with E-state index in [1.807, 2.05) is 14.0 Å². The number of esters is 1. The molecule has 0 aromatic carbocycles. The SMILES string of the molecule is CCCOC(=O)C1CCCN1C. The van der Waals surface area contributed by atoms with Gasteiger partial charge in [-0.15, -0.1) is 0 Å². The minimum Gasteiger partial charge on any atom is -0.465 e. The molecule has 0 aromatic heterocycles. The lowest BCUT2D eigenvalue weighted by atomic mass is 10.2. The van der Waals surface area contributed by atoms with Gasteiger partial charge in [-0.05, 0) is 32.9 Å². The van der Waals surface area contributed by atoms with Crippen molar-refractivity contribution in [1.82, 2.24) is 4.90 Å². The van der Waals surface area contributed by atoms with Crippen molar-refractivity contribution < 1.29 is 9.53 Å². The lowest BCUT2D eigenvalue weighted by Crippen LogP contribution is -2.34. The van der Waals surface area contributed by atoms with Crippen LogP contribution >= 0.6 is 0 Å². The van der Waals surface area contributed by atoms with Crippen LogP contribution in [0.25, 0.3) is 0 Å². The van der Waals surface area contributed by atoms with Gasteiger partial charge in [0.15, 0.2) is 0 Å². The van der Waals surface area contributed by atoms with Gasteiger partial charge in [0, 0.05) is 0 Å². The summed E-state index contributed by atoms with van der Waals surface area (Å²) < 4.78 is 5.06. The van der Waals surface area contributed by atoms with Crippen molar-refractivity contribution in [2.24, 2.45) is 0 Å². The Hall–Kier alpha value is -0.570. The Morgan fingerprint density at radius 1 is 1.67 bits per heavy atom. The molecule has 70 valence electrons. The lowest BCUT2D eigenvalue weighted by Gasteiger charge is -2.17. The third-order valence-electron chi connectivity index (χ3n) is 2.24. The van der Waals surface area contributed by atoms with E-state index in [0.29, 0.717) is 6.61 Å². The van der Waals surface area contributed by atoms with E-state index in [0.717, 1.165) is 25.8 Å². The fraction of sp³-hybridized carbons (Fsp3) is 0.889. The van der Waals surface area contributed by atoms with Gasteiger partial charge in [-0.1, -0.05) is 6.92 Å². The maximum Gasteiger partial charge on any atom is 0.323 e. The number of likely N-dealkylation sites (tertiary alicyclic amines) is 1. The van der Waals surface area contributed by atoms with Crippen LogP contribution in [-0.2, 0) is 9.53 Å². The van der Waals surface area contributed by atoms with Crippen molar-refractivity contribution >= 4 is 5.97 Å². The van der Waals surface area contributed by atoms with Gasteiger partial charge >= 0.3 is 5.97 Å². The van der Waals surface area contributed by atoms with Gasteiger partial charge in [-0.2, -0.15) is 0 Å². The van der Waals surface area contributed by atoms with Crippen LogP contribution in [0.2, 0.25) is 0 Å². The molecule has 1 aliphatic heterocycles. The van der Waals surface area contributed by atoms with Crippen molar-refractivity contribution in [3.8, 4) is 0 Å². The van der Waals surface area contributed by atoms with Gasteiger partial charge in [0.1, 0.15) is 6.04 Å². The second-order valence-electron chi connectivity index (χ2n) is 3.31. The maximum absolute atomic E-state index is 11.4. The van der Waals surface area contributed by atoms with Crippen molar-refractivity contribution in [3.63, 3.8) is 0 Å². The van der Waals surface area contributed by atoms with Crippen LogP contribution < -0.4 is 0 Å². The van der Waals surface area contributed by atoms with Crippen LogP contribution in [0.3, 0.4) is 0 Å². The summed E-state index contributed by atoms with van der Waals surface area (Å²) in [7, 11) is 1.98. The second-order valence-corrected chi connectivity index (χ2v) is 3.31. The average Bonchev–Trinajstić information content (AvgIpc) is 2.47. The Morgan fingerprint density at radius 3 is 2.92 bits per heavy atom. The molecule has 0 radical (unpaired) electrons. The zero-order valence-electron chi connectivity index (χ0n) is 7.88. The van der Waals surface area contributed by atoms with Gasteiger partial charge in [-0.3, -0.25) is 9.69 Å². The van der Waals surface area contributed by atoms with Crippen molar-refractivity contribution in [2.45, 2.75) is 32.2 Å². The summed E-state index contributed by atoms with van der Waals surface area (Å²) in [5.74, 6) is -0.0446. The van der Waals surface area contributed by atoms with Crippen LogP contribution in [-0.4, -0.2) is 37.1 Å². The Kier molecular flexibility index (Phi) is 3.53. The van der Waals surface area contributed by atoms with E-state index in [-0.39, 0.29) is 12.0 Å². The molecule has 0 aromatic rings. The summed E-state index contributed by atoms with van der Waals surface area (Å²) in [4.78, 5) is 13.4. The molecule has 1 aliphatic rings. The highest BCUT2D eigenvalue weighted by atomic mass is 16.5. The first-order valence-electron chi connectivity index (χ1n) is 4.62. The van der Waals surface area contributed by atoms with Crippen LogP contribution in [0, 0.1) is 0 Å². The highest BCUT2D eigenvalue weighted by Crippen LogP contribution is 2.15. The van der Waals surface area contributed by atoms with Crippen LogP contribution in [0.1, 0.15) is 26.2 Å². The van der Waals surface area contributed by atoms with Gasteiger partial charge in [0.05, 0.1) is 6.61 Å². The summed E-state index contributed by atoms with van der Waals surface area (Å²) in [5.41, 5.74) is 0. The topological polar surface area (TPSA) is 29.5 Å². The first kappa shape index (κ1) is 9.52. The molecule has 1 atom stereocenters. The Morgan fingerprint density at radius 2 is 2.42 bits per heavy atom. The number of nitrogens with zero attached hydrogens (tertiary/aromatic N) is 1. The molecular weight excluding hydrogens is 154 g/mol. The molecule has 3 nitrogen and oxygen atoms in total. The van der Waals surface area contributed by atoms with Gasteiger partial charge in [0.25, 0.3) is 0 Å². The molecule has 1 rings (SSSR count). The molecule has 1 heterocycles. The third-order valence-corrected chi connectivity index (χ3v) is 2.24. The van der Waals surface area contributed by atoms with Crippen molar-refractivity contribution in [2.75, 3.05) is 20.2 Å². The van der Waals surface area contributed by atoms with Crippen LogP contribution in [0.15, 0.2) is 0 Å². The summed E-state index contributed by atoms with van der Waals surface area (Å²) in [6, 6.07) is 0.0246. The molecule has 0 amide bonds. The minimum absolute atomic E-state index is 0.0246. The van der Waals surface area contributed by atoms with Gasteiger partial charge in [-0.25, -0.2) is 0 Å². The number of rotatable bonds is 3. The predicted octanol–water partition coefficient (Wildman–Crippen LogP) is 1.03. The second kappa shape index (κ2) is 4.45. The van der Waals surface area contributed by atoms with E-state index in [2.05, 4.69) is 4.90 Å². The number of ether oxygens (including phenoxy) is 1. The fourth-order valence-corrected chi connectivity index (χ4v) is 1.51. The quantitative estimate of drug-likeness (QED) is 0.594. The molecule has 1 unspecified atom stereocenters. The number of hydrogen-bond donors (Lipinski definition) is 0. The molecule has 3 heteroatoms. The average molecular weight is 171 g/mol. The third kappa shape index (κ3) is 2.21. The summed E-state index contributed by atoms with van der Waals surface area (Å²) in [6.07, 6.45) is 2.98. The molecule has 0 spiro atoms. The Labute approximate surface area is 73.7 Å². The first-order valence-corrected chi connectivity index (χ1v) is 4.62. The number of carbonyl (C=O) groups is 1. The predicted molar refractivity (Wildman–Crippen MR) is 46.9 cm³/mol. The lowest BCUT2D eigenvalue weighted by molar-refractivity contribution is -0.148. The molecular formula is C9H17NO2. The Balaban J connectivity index is 2.30. The summed E-state index contributed by atoms with van der Waals surface area (Å²) >= 11 is 0. The highest BCUT2D eigenvalue weighted by molar-refractivity contribution is 5.76. The van der Waals surface area contributed by atoms with E-state index < -0.39 is 0 Å². The van der Waals surface area contributed by atoms with Crippen LogP contribution in [0.5, 0.6) is 0 Å². The maximum atomic E-state index is 11.4. The largest absolute Gasteiger partial charge is 0.465 e. The van der Waals surface area contributed by atoms with Crippen LogP contribution in [0.4, 0.5) is 0 Å². The molecule has 0 bridgehead atoms. The molecule has 0 aliphatic carbocycles. The number of carbonyl (C=O) groups excluding carboxylic acids is 1. The standard InChI is InChI=1S/C9H17NO2/c1-3-7-12-9(11)8-5-4-6-10(8)2/h8H,3-7H2,1-2H3. The van der Waals surface area contributed by atoms with E-state index in [1.165, 1.54) is 0 Å². The molecule has 0 N–H and O–H groups in total. The summed E-state index contributed by atoms with van der Waals surface area (Å²) in [6.45, 7) is 3.58. The highest BCUT2D eigenvalue weighted by Gasteiger charge is 2.28. The van der Waals surface area contributed by atoms with Crippen molar-refractivity contribution in [1.29, 1.82) is 0 Å². The van der Waals surface area contributed by atoms with E-state index in [9.17, 15) is 4.79 Å². The van der Waals surface area contributed by atoms with E-state index in [4.69, 9.17) is 4.74 Å². The zero-order valence-corrected chi connectivity index (χ0v) is 7.88. The zero-order chi connectivity index (χ0) is 8.97. The smallest absolute Gasteiger partial charge is 0.323 e. The fourth-order valence-electron chi connectivity index (χ4n) is 1.51. The van der Waals surface area contributed by atoms with Gasteiger partial charge in [0.2, 0.25) is 0 Å². The van der Waals surface area contributed by atoms with E-state index >= 15 is 0 Å². The molecule has 12 heavy (non-hydrogen) atoms. The normalized spacial score (nSPS) is 24.3. The number of hydrogen-bond acceptors (Lipinski definition) is 3. The van der Waals surface area contributed by atoms with Crippen molar-refractivity contribution in [3.05, 3.63) is 0 Å². The van der Waals surface area contributed by atoms with E-state index in [1.54, 1.807) is 0 Å². The first-order chi connectivity index (χ1) is 5.75.